The Morgan fingerprint density at radius 3 is 2.52 bits per heavy atom. The fourth-order valence-electron chi connectivity index (χ4n) is 2.71. The molecule has 2 aromatic heterocycles. The number of aromatic nitrogens is 4. The number of halogens is 1. The van der Waals surface area contributed by atoms with Crippen LogP contribution in [0.1, 0.15) is 22.6 Å². The molecule has 0 saturated heterocycles. The summed E-state index contributed by atoms with van der Waals surface area (Å²) in [7, 11) is 0. The van der Waals surface area contributed by atoms with Crippen LogP contribution >= 0.6 is 0 Å². The lowest BCUT2D eigenvalue weighted by atomic mass is 10.2. The third kappa shape index (κ3) is 3.39. The predicted molar refractivity (Wildman–Crippen MR) is 93.3 cm³/mol. The van der Waals surface area contributed by atoms with E-state index in [1.165, 1.54) is 23.1 Å². The molecular formula is C18H14FN7O. The van der Waals surface area contributed by atoms with E-state index < -0.39 is 5.91 Å². The molecule has 1 amide bonds. The molecule has 0 bridgehead atoms. The molecule has 1 aromatic carbocycles. The van der Waals surface area contributed by atoms with E-state index >= 15 is 0 Å². The van der Waals surface area contributed by atoms with Gasteiger partial charge in [0.25, 0.3) is 5.82 Å². The van der Waals surface area contributed by atoms with Crippen LogP contribution in [-0.4, -0.2) is 25.2 Å². The number of benzene rings is 1. The van der Waals surface area contributed by atoms with Crippen LogP contribution in [0.4, 0.5) is 10.2 Å². The van der Waals surface area contributed by atoms with Gasteiger partial charge in [-0.05, 0) is 43.7 Å². The fourth-order valence-corrected chi connectivity index (χ4v) is 2.71. The topological polar surface area (TPSA) is 112 Å². The molecule has 0 radical (unpaired) electrons. The molecule has 2 heterocycles. The van der Waals surface area contributed by atoms with Gasteiger partial charge < -0.3 is 5.32 Å². The molecule has 0 aliphatic carbocycles. The first kappa shape index (κ1) is 17.8. The van der Waals surface area contributed by atoms with Gasteiger partial charge in [0.05, 0.1) is 5.56 Å². The predicted octanol–water partition coefficient (Wildman–Crippen LogP) is 2.21. The Morgan fingerprint density at radius 2 is 1.93 bits per heavy atom. The highest BCUT2D eigenvalue weighted by molar-refractivity contribution is 5.92. The van der Waals surface area contributed by atoms with Gasteiger partial charge >= 0.3 is 0 Å². The molecule has 0 aliphatic heterocycles. The summed E-state index contributed by atoms with van der Waals surface area (Å²) in [6.07, 6.45) is 1.28. The average molecular weight is 363 g/mol. The molecule has 0 atom stereocenters. The zero-order valence-corrected chi connectivity index (χ0v) is 14.6. The Balaban J connectivity index is 1.97. The average Bonchev–Trinajstić information content (AvgIpc) is 3.19. The molecule has 134 valence electrons. The first-order valence-corrected chi connectivity index (χ1v) is 7.92. The van der Waals surface area contributed by atoms with Crippen molar-refractivity contribution in [3.8, 4) is 17.8 Å². The van der Waals surface area contributed by atoms with Crippen molar-refractivity contribution in [2.75, 3.05) is 5.32 Å². The zero-order valence-electron chi connectivity index (χ0n) is 14.6. The Hall–Kier alpha value is -3.98. The van der Waals surface area contributed by atoms with Gasteiger partial charge in [0.2, 0.25) is 5.91 Å². The second-order valence-corrected chi connectivity index (χ2v) is 5.78. The number of carbonyl (C=O) groups excluding carboxylic acids is 1. The maximum absolute atomic E-state index is 13.3. The molecule has 0 saturated carbocycles. The molecule has 3 rings (SSSR count). The van der Waals surface area contributed by atoms with E-state index in [0.717, 1.165) is 5.69 Å². The van der Waals surface area contributed by atoms with Gasteiger partial charge in [-0.1, -0.05) is 0 Å². The van der Waals surface area contributed by atoms with E-state index in [4.69, 9.17) is 5.26 Å². The molecule has 27 heavy (non-hydrogen) atoms. The lowest BCUT2D eigenvalue weighted by Crippen LogP contribution is -2.21. The van der Waals surface area contributed by atoms with Crippen molar-refractivity contribution in [3.63, 3.8) is 0 Å². The Labute approximate surface area is 154 Å². The van der Waals surface area contributed by atoms with Crippen molar-refractivity contribution in [1.82, 2.24) is 19.3 Å². The maximum Gasteiger partial charge on any atom is 0.252 e. The van der Waals surface area contributed by atoms with Crippen molar-refractivity contribution < 1.29 is 9.18 Å². The van der Waals surface area contributed by atoms with Crippen LogP contribution in [0.15, 0.2) is 30.6 Å². The first-order chi connectivity index (χ1) is 12.9. The maximum atomic E-state index is 13.3. The number of nitrogens with one attached hydrogen (secondary N) is 1. The molecule has 1 N–H and O–H groups in total. The Morgan fingerprint density at radius 1 is 1.22 bits per heavy atom. The van der Waals surface area contributed by atoms with Crippen molar-refractivity contribution in [2.24, 2.45) is 0 Å². The fraction of sp³-hybridized carbons (Fsp3) is 0.167. The Kier molecular flexibility index (Phi) is 4.69. The number of nitrogens with zero attached hydrogens (tertiary/aromatic N) is 6. The number of hydrogen-bond donors (Lipinski definition) is 1. The van der Waals surface area contributed by atoms with Gasteiger partial charge in [0.1, 0.15) is 36.6 Å². The van der Waals surface area contributed by atoms with E-state index in [0.29, 0.717) is 22.6 Å². The normalized spacial score (nSPS) is 10.3. The second kappa shape index (κ2) is 7.10. The first-order valence-electron chi connectivity index (χ1n) is 7.92. The van der Waals surface area contributed by atoms with Gasteiger partial charge in [0.15, 0.2) is 0 Å². The summed E-state index contributed by atoms with van der Waals surface area (Å²) in [5, 5.41) is 24.8. The van der Waals surface area contributed by atoms with Gasteiger partial charge in [0, 0.05) is 11.4 Å². The van der Waals surface area contributed by atoms with Crippen molar-refractivity contribution >= 4 is 11.7 Å². The summed E-state index contributed by atoms with van der Waals surface area (Å²) < 4.78 is 16.2. The highest BCUT2D eigenvalue weighted by atomic mass is 19.1. The number of carbonyl (C=O) groups is 1. The van der Waals surface area contributed by atoms with E-state index in [-0.39, 0.29) is 18.2 Å². The SMILES string of the molecule is Cc1c(C#N)c(NC(=O)Cn2cnc(C#N)n2)n(-c2ccc(F)cc2)c1C. The number of anilines is 1. The summed E-state index contributed by atoms with van der Waals surface area (Å²) >= 11 is 0. The van der Waals surface area contributed by atoms with E-state index in [2.05, 4.69) is 21.5 Å². The van der Waals surface area contributed by atoms with Gasteiger partial charge in [-0.3, -0.25) is 9.36 Å². The largest absolute Gasteiger partial charge is 0.309 e. The lowest BCUT2D eigenvalue weighted by Gasteiger charge is -2.13. The minimum absolute atomic E-state index is 0.0399. The summed E-state index contributed by atoms with van der Waals surface area (Å²) in [5.74, 6) is -0.570. The van der Waals surface area contributed by atoms with Crippen molar-refractivity contribution in [3.05, 3.63) is 59.1 Å². The molecule has 9 heteroatoms. The molecular weight excluding hydrogens is 349 g/mol. The van der Waals surface area contributed by atoms with Crippen LogP contribution in [0.25, 0.3) is 5.69 Å². The number of nitriles is 2. The van der Waals surface area contributed by atoms with Gasteiger partial charge in [-0.2, -0.15) is 10.5 Å². The monoisotopic (exact) mass is 363 g/mol. The number of rotatable bonds is 4. The molecule has 0 unspecified atom stereocenters. The summed E-state index contributed by atoms with van der Waals surface area (Å²) in [4.78, 5) is 16.2. The summed E-state index contributed by atoms with van der Waals surface area (Å²) in [5.41, 5.74) is 2.40. The van der Waals surface area contributed by atoms with Crippen LogP contribution in [0.5, 0.6) is 0 Å². The van der Waals surface area contributed by atoms with Crippen molar-refractivity contribution in [2.45, 2.75) is 20.4 Å². The highest BCUT2D eigenvalue weighted by Crippen LogP contribution is 2.30. The number of hydrogen-bond acceptors (Lipinski definition) is 5. The van der Waals surface area contributed by atoms with E-state index in [1.807, 2.05) is 6.92 Å². The summed E-state index contributed by atoms with van der Waals surface area (Å²) in [6.45, 7) is 3.41. The summed E-state index contributed by atoms with van der Waals surface area (Å²) in [6, 6.07) is 9.62. The highest BCUT2D eigenvalue weighted by Gasteiger charge is 2.21. The van der Waals surface area contributed by atoms with Crippen LogP contribution in [0, 0.1) is 42.3 Å². The van der Waals surface area contributed by atoms with Crippen molar-refractivity contribution in [1.29, 1.82) is 10.5 Å². The van der Waals surface area contributed by atoms with Crippen LogP contribution in [0.2, 0.25) is 0 Å². The third-order valence-electron chi connectivity index (χ3n) is 4.11. The standard InChI is InChI=1S/C18H14FN7O/c1-11-12(2)26(14-5-3-13(19)4-6-14)18(15(11)7-20)23-17(27)9-25-10-22-16(8-21)24-25/h3-6,10H,9H2,1-2H3,(H,23,27). The molecule has 3 aromatic rings. The molecule has 0 spiro atoms. The number of amides is 1. The van der Waals surface area contributed by atoms with Gasteiger partial charge in [-0.25, -0.2) is 14.1 Å². The van der Waals surface area contributed by atoms with Crippen LogP contribution in [-0.2, 0) is 11.3 Å². The second-order valence-electron chi connectivity index (χ2n) is 5.78. The minimum atomic E-state index is -0.443. The zero-order chi connectivity index (χ0) is 19.6. The van der Waals surface area contributed by atoms with Crippen LogP contribution in [0.3, 0.4) is 0 Å². The third-order valence-corrected chi connectivity index (χ3v) is 4.11. The molecule has 8 nitrogen and oxygen atoms in total. The quantitative estimate of drug-likeness (QED) is 0.764. The minimum Gasteiger partial charge on any atom is -0.309 e. The smallest absolute Gasteiger partial charge is 0.252 e. The lowest BCUT2D eigenvalue weighted by molar-refractivity contribution is -0.116. The Bertz CT molecular complexity index is 1100. The molecule has 0 fully saturated rings. The van der Waals surface area contributed by atoms with Gasteiger partial charge in [-0.15, -0.1) is 5.10 Å². The van der Waals surface area contributed by atoms with E-state index in [9.17, 15) is 14.4 Å². The molecule has 0 aliphatic rings. The van der Waals surface area contributed by atoms with E-state index in [1.54, 1.807) is 29.7 Å². The van der Waals surface area contributed by atoms with Crippen LogP contribution < -0.4 is 5.32 Å².